The molecule has 1 saturated carbocycles. The van der Waals surface area contributed by atoms with E-state index in [1.54, 1.807) is 12.1 Å². The van der Waals surface area contributed by atoms with Gasteiger partial charge in [-0.1, -0.05) is 18.2 Å². The van der Waals surface area contributed by atoms with E-state index >= 15 is 0 Å². The van der Waals surface area contributed by atoms with Crippen LogP contribution in [-0.2, 0) is 0 Å². The smallest absolute Gasteiger partial charge is 0.335 e. The van der Waals surface area contributed by atoms with Crippen LogP contribution in [0.1, 0.15) is 47.5 Å². The van der Waals surface area contributed by atoms with E-state index in [1.807, 2.05) is 12.1 Å². The quantitative estimate of drug-likeness (QED) is 0.832. The summed E-state index contributed by atoms with van der Waals surface area (Å²) in [6.45, 7) is 0. The van der Waals surface area contributed by atoms with Gasteiger partial charge in [0.25, 0.3) is 0 Å². The standard InChI is InChI=1S/C13H15FO2/c14-10-5-3-4-9(8-10)11-6-1-2-7-12(11)13(15)16/h1-2,6-7,9-10H,3-5,8H2,(H,15,16). The molecule has 0 aliphatic heterocycles. The van der Waals surface area contributed by atoms with E-state index in [4.69, 9.17) is 5.11 Å². The van der Waals surface area contributed by atoms with Gasteiger partial charge in [-0.05, 0) is 43.2 Å². The van der Waals surface area contributed by atoms with E-state index in [1.165, 1.54) is 0 Å². The topological polar surface area (TPSA) is 37.3 Å². The van der Waals surface area contributed by atoms with Crippen LogP contribution < -0.4 is 0 Å². The first-order chi connectivity index (χ1) is 7.68. The number of halogens is 1. The molecule has 86 valence electrons. The van der Waals surface area contributed by atoms with Crippen molar-refractivity contribution in [3.63, 3.8) is 0 Å². The Morgan fingerprint density at radius 1 is 1.31 bits per heavy atom. The minimum absolute atomic E-state index is 0.0658. The Labute approximate surface area is 94.1 Å². The average Bonchev–Trinajstić information content (AvgIpc) is 2.29. The number of hydrogen-bond acceptors (Lipinski definition) is 1. The van der Waals surface area contributed by atoms with Crippen LogP contribution in [0.5, 0.6) is 0 Å². The first-order valence-corrected chi connectivity index (χ1v) is 5.64. The van der Waals surface area contributed by atoms with Crippen molar-refractivity contribution in [1.29, 1.82) is 0 Å². The third-order valence-corrected chi connectivity index (χ3v) is 3.24. The summed E-state index contributed by atoms with van der Waals surface area (Å²) in [5.41, 5.74) is 1.11. The van der Waals surface area contributed by atoms with Gasteiger partial charge in [-0.2, -0.15) is 0 Å². The number of carbonyl (C=O) groups is 1. The van der Waals surface area contributed by atoms with Gasteiger partial charge in [-0.25, -0.2) is 9.18 Å². The SMILES string of the molecule is O=C(O)c1ccccc1C1CCCC(F)C1. The van der Waals surface area contributed by atoms with Gasteiger partial charge in [-0.15, -0.1) is 0 Å². The van der Waals surface area contributed by atoms with E-state index in [-0.39, 0.29) is 5.92 Å². The summed E-state index contributed by atoms with van der Waals surface area (Å²) in [7, 11) is 0. The Balaban J connectivity index is 2.28. The molecule has 2 atom stereocenters. The van der Waals surface area contributed by atoms with Gasteiger partial charge >= 0.3 is 5.97 Å². The maximum atomic E-state index is 13.3. The monoisotopic (exact) mass is 222 g/mol. The molecule has 0 spiro atoms. The second kappa shape index (κ2) is 4.64. The highest BCUT2D eigenvalue weighted by atomic mass is 19.1. The van der Waals surface area contributed by atoms with Crippen molar-refractivity contribution in [1.82, 2.24) is 0 Å². The second-order valence-corrected chi connectivity index (χ2v) is 4.35. The molecule has 0 saturated heterocycles. The third kappa shape index (κ3) is 2.23. The first-order valence-electron chi connectivity index (χ1n) is 5.64. The molecule has 2 nitrogen and oxygen atoms in total. The van der Waals surface area contributed by atoms with Crippen molar-refractivity contribution in [2.24, 2.45) is 0 Å². The minimum atomic E-state index is -0.920. The maximum absolute atomic E-state index is 13.3. The minimum Gasteiger partial charge on any atom is -0.478 e. The predicted molar refractivity (Wildman–Crippen MR) is 59.5 cm³/mol. The number of alkyl halides is 1. The van der Waals surface area contributed by atoms with Crippen LogP contribution in [0, 0.1) is 0 Å². The van der Waals surface area contributed by atoms with Gasteiger partial charge in [0.15, 0.2) is 0 Å². The second-order valence-electron chi connectivity index (χ2n) is 4.35. The Kier molecular flexibility index (Phi) is 3.22. The summed E-state index contributed by atoms with van der Waals surface area (Å²) >= 11 is 0. The fourth-order valence-electron chi connectivity index (χ4n) is 2.46. The predicted octanol–water partition coefficient (Wildman–Crippen LogP) is 3.38. The highest BCUT2D eigenvalue weighted by molar-refractivity contribution is 5.89. The fourth-order valence-corrected chi connectivity index (χ4v) is 2.46. The van der Waals surface area contributed by atoms with Gasteiger partial charge < -0.3 is 5.11 Å². The van der Waals surface area contributed by atoms with Gasteiger partial charge in [-0.3, -0.25) is 0 Å². The van der Waals surface area contributed by atoms with E-state index < -0.39 is 12.1 Å². The highest BCUT2D eigenvalue weighted by Crippen LogP contribution is 2.35. The molecule has 1 N–H and O–H groups in total. The molecule has 0 bridgehead atoms. The fraction of sp³-hybridized carbons (Fsp3) is 0.462. The lowest BCUT2D eigenvalue weighted by Crippen LogP contribution is -2.17. The van der Waals surface area contributed by atoms with Crippen LogP contribution in [0.25, 0.3) is 0 Å². The zero-order valence-corrected chi connectivity index (χ0v) is 9.03. The lowest BCUT2D eigenvalue weighted by atomic mass is 9.81. The Hall–Kier alpha value is -1.38. The number of benzene rings is 1. The molecule has 1 aromatic rings. The van der Waals surface area contributed by atoms with Crippen LogP contribution in [0.3, 0.4) is 0 Å². The average molecular weight is 222 g/mol. The number of hydrogen-bond donors (Lipinski definition) is 1. The lowest BCUT2D eigenvalue weighted by molar-refractivity contribution is 0.0694. The summed E-state index contributed by atoms with van der Waals surface area (Å²) in [6, 6.07) is 6.94. The van der Waals surface area contributed by atoms with Crippen LogP contribution in [0.4, 0.5) is 4.39 Å². The van der Waals surface area contributed by atoms with Gasteiger partial charge in [0.2, 0.25) is 0 Å². The van der Waals surface area contributed by atoms with Gasteiger partial charge in [0.1, 0.15) is 6.17 Å². The van der Waals surface area contributed by atoms with Crippen LogP contribution >= 0.6 is 0 Å². The Bertz CT molecular complexity index is 389. The number of carboxylic acids is 1. The first kappa shape index (κ1) is 11.1. The highest BCUT2D eigenvalue weighted by Gasteiger charge is 2.25. The van der Waals surface area contributed by atoms with Crippen LogP contribution in [0.15, 0.2) is 24.3 Å². The summed E-state index contributed by atoms with van der Waals surface area (Å²) in [4.78, 5) is 11.1. The number of carboxylic acid groups (broad SMARTS) is 1. The molecular weight excluding hydrogens is 207 g/mol. The molecule has 2 unspecified atom stereocenters. The van der Waals surface area contributed by atoms with E-state index in [2.05, 4.69) is 0 Å². The molecule has 2 rings (SSSR count). The van der Waals surface area contributed by atoms with Crippen molar-refractivity contribution >= 4 is 5.97 Å². The molecule has 1 aromatic carbocycles. The van der Waals surface area contributed by atoms with E-state index in [0.717, 1.165) is 18.4 Å². The lowest BCUT2D eigenvalue weighted by Gasteiger charge is -2.25. The molecule has 16 heavy (non-hydrogen) atoms. The molecule has 0 aromatic heterocycles. The molecular formula is C13H15FO2. The zero-order valence-electron chi connectivity index (χ0n) is 9.03. The van der Waals surface area contributed by atoms with Gasteiger partial charge in [0.05, 0.1) is 5.56 Å². The normalized spacial score (nSPS) is 25.3. The van der Waals surface area contributed by atoms with Crippen molar-refractivity contribution in [2.45, 2.75) is 37.8 Å². The number of rotatable bonds is 2. The van der Waals surface area contributed by atoms with Gasteiger partial charge in [0, 0.05) is 0 Å². The molecule has 1 fully saturated rings. The Morgan fingerprint density at radius 3 is 2.75 bits per heavy atom. The molecule has 1 aliphatic rings. The van der Waals surface area contributed by atoms with E-state index in [0.29, 0.717) is 18.4 Å². The molecule has 0 radical (unpaired) electrons. The maximum Gasteiger partial charge on any atom is 0.335 e. The third-order valence-electron chi connectivity index (χ3n) is 3.24. The number of aromatic carboxylic acids is 1. The van der Waals surface area contributed by atoms with Crippen molar-refractivity contribution in [2.75, 3.05) is 0 Å². The van der Waals surface area contributed by atoms with E-state index in [9.17, 15) is 9.18 Å². The van der Waals surface area contributed by atoms with Crippen molar-refractivity contribution < 1.29 is 14.3 Å². The zero-order chi connectivity index (χ0) is 11.5. The summed E-state index contributed by atoms with van der Waals surface area (Å²) in [5.74, 6) is -0.854. The summed E-state index contributed by atoms with van der Waals surface area (Å²) in [5, 5.41) is 9.07. The van der Waals surface area contributed by atoms with Crippen LogP contribution in [0.2, 0.25) is 0 Å². The molecule has 1 aliphatic carbocycles. The van der Waals surface area contributed by atoms with Crippen LogP contribution in [-0.4, -0.2) is 17.2 Å². The molecule has 0 amide bonds. The summed E-state index contributed by atoms with van der Waals surface area (Å²) in [6.07, 6.45) is 2.04. The summed E-state index contributed by atoms with van der Waals surface area (Å²) < 4.78 is 13.3. The van der Waals surface area contributed by atoms with Crippen molar-refractivity contribution in [3.05, 3.63) is 35.4 Å². The largest absolute Gasteiger partial charge is 0.478 e. The molecule has 3 heteroatoms. The molecule has 0 heterocycles. The van der Waals surface area contributed by atoms with Crippen molar-refractivity contribution in [3.8, 4) is 0 Å². The Morgan fingerprint density at radius 2 is 2.06 bits per heavy atom.